The van der Waals surface area contributed by atoms with Crippen molar-refractivity contribution in [2.75, 3.05) is 0 Å². The Morgan fingerprint density at radius 3 is 2.20 bits per heavy atom. The summed E-state index contributed by atoms with van der Waals surface area (Å²) in [6, 6.07) is 0. The SMILES string of the molecule is C=CC(C)C=NC(C)(C)C. The van der Waals surface area contributed by atoms with Crippen molar-refractivity contribution in [1.29, 1.82) is 0 Å². The van der Waals surface area contributed by atoms with E-state index in [2.05, 4.69) is 39.3 Å². The molecule has 0 spiro atoms. The molecule has 0 N–H and O–H groups in total. The molecular weight excluding hydrogens is 122 g/mol. The number of hydrogen-bond acceptors (Lipinski definition) is 1. The third-order valence-electron chi connectivity index (χ3n) is 1.07. The minimum absolute atomic E-state index is 0.0528. The van der Waals surface area contributed by atoms with Gasteiger partial charge >= 0.3 is 0 Å². The Kier molecular flexibility index (Phi) is 3.34. The number of hydrogen-bond donors (Lipinski definition) is 0. The molecule has 0 radical (unpaired) electrons. The van der Waals surface area contributed by atoms with Gasteiger partial charge in [0.2, 0.25) is 0 Å². The number of rotatable bonds is 2. The largest absolute Gasteiger partial charge is 0.291 e. The van der Waals surface area contributed by atoms with Crippen LogP contribution in [-0.2, 0) is 0 Å². The van der Waals surface area contributed by atoms with Crippen LogP contribution in [0.5, 0.6) is 0 Å². The van der Waals surface area contributed by atoms with E-state index in [4.69, 9.17) is 0 Å². The second-order valence-corrected chi connectivity index (χ2v) is 3.54. The van der Waals surface area contributed by atoms with Crippen LogP contribution in [0.4, 0.5) is 0 Å². The topological polar surface area (TPSA) is 12.4 Å². The fourth-order valence-electron chi connectivity index (χ4n) is 0.402. The molecule has 0 bridgehead atoms. The Hall–Kier alpha value is -0.590. The lowest BCUT2D eigenvalue weighted by Crippen LogP contribution is -2.10. The molecular formula is C9H17N. The summed E-state index contributed by atoms with van der Waals surface area (Å²) >= 11 is 0. The fourth-order valence-corrected chi connectivity index (χ4v) is 0.402. The van der Waals surface area contributed by atoms with Crippen LogP contribution in [0.2, 0.25) is 0 Å². The highest BCUT2D eigenvalue weighted by molar-refractivity contribution is 5.62. The van der Waals surface area contributed by atoms with Gasteiger partial charge in [-0.3, -0.25) is 4.99 Å². The zero-order valence-electron chi connectivity index (χ0n) is 7.39. The number of nitrogens with zero attached hydrogens (tertiary/aromatic N) is 1. The Morgan fingerprint density at radius 1 is 1.40 bits per heavy atom. The maximum Gasteiger partial charge on any atom is 0.0520 e. The Morgan fingerprint density at radius 2 is 1.90 bits per heavy atom. The summed E-state index contributed by atoms with van der Waals surface area (Å²) in [6.45, 7) is 12.0. The summed E-state index contributed by atoms with van der Waals surface area (Å²) in [7, 11) is 0. The summed E-state index contributed by atoms with van der Waals surface area (Å²) < 4.78 is 0. The molecule has 0 rings (SSSR count). The summed E-state index contributed by atoms with van der Waals surface area (Å²) in [5.41, 5.74) is 0.0528. The highest BCUT2D eigenvalue weighted by atomic mass is 14.8. The van der Waals surface area contributed by atoms with Crippen LogP contribution in [0.1, 0.15) is 27.7 Å². The standard InChI is InChI=1S/C9H17N/c1-6-8(2)7-10-9(3,4)5/h6-8H,1H2,2-5H3. The molecule has 0 saturated carbocycles. The van der Waals surface area contributed by atoms with Gasteiger partial charge in [-0.05, 0) is 20.8 Å². The van der Waals surface area contributed by atoms with E-state index in [0.29, 0.717) is 5.92 Å². The smallest absolute Gasteiger partial charge is 0.0520 e. The average Bonchev–Trinajstić information content (AvgIpc) is 1.81. The van der Waals surface area contributed by atoms with Crippen molar-refractivity contribution in [3.8, 4) is 0 Å². The van der Waals surface area contributed by atoms with Gasteiger partial charge in [-0.25, -0.2) is 0 Å². The predicted molar refractivity (Wildman–Crippen MR) is 47.6 cm³/mol. The molecule has 1 atom stereocenters. The first-order chi connectivity index (χ1) is 4.45. The van der Waals surface area contributed by atoms with Crippen LogP contribution in [0.25, 0.3) is 0 Å². The molecule has 0 aromatic carbocycles. The fraction of sp³-hybridized carbons (Fsp3) is 0.667. The van der Waals surface area contributed by atoms with Crippen molar-refractivity contribution < 1.29 is 0 Å². The summed E-state index contributed by atoms with van der Waals surface area (Å²) in [4.78, 5) is 4.33. The minimum Gasteiger partial charge on any atom is -0.291 e. The summed E-state index contributed by atoms with van der Waals surface area (Å²) in [5.74, 6) is 0.388. The molecule has 1 heteroatoms. The van der Waals surface area contributed by atoms with Crippen molar-refractivity contribution in [1.82, 2.24) is 0 Å². The molecule has 58 valence electrons. The molecule has 1 nitrogen and oxygen atoms in total. The second-order valence-electron chi connectivity index (χ2n) is 3.54. The van der Waals surface area contributed by atoms with Crippen molar-refractivity contribution in [2.24, 2.45) is 10.9 Å². The maximum absolute atomic E-state index is 4.33. The molecule has 0 aliphatic rings. The third-order valence-corrected chi connectivity index (χ3v) is 1.07. The number of allylic oxidation sites excluding steroid dienone is 1. The van der Waals surface area contributed by atoms with Gasteiger partial charge in [-0.15, -0.1) is 6.58 Å². The lowest BCUT2D eigenvalue weighted by Gasteiger charge is -2.11. The molecule has 1 unspecified atom stereocenters. The molecule has 0 aliphatic carbocycles. The summed E-state index contributed by atoms with van der Waals surface area (Å²) in [5, 5.41) is 0. The Labute approximate surface area is 63.9 Å². The van der Waals surface area contributed by atoms with Gasteiger partial charge in [0, 0.05) is 12.1 Å². The van der Waals surface area contributed by atoms with Crippen LogP contribution >= 0.6 is 0 Å². The van der Waals surface area contributed by atoms with Gasteiger partial charge in [0.1, 0.15) is 0 Å². The van der Waals surface area contributed by atoms with E-state index in [1.807, 2.05) is 12.3 Å². The lowest BCUT2D eigenvalue weighted by molar-refractivity contribution is 0.583. The van der Waals surface area contributed by atoms with Crippen molar-refractivity contribution >= 4 is 6.21 Å². The monoisotopic (exact) mass is 139 g/mol. The minimum atomic E-state index is 0.0528. The van der Waals surface area contributed by atoms with E-state index in [9.17, 15) is 0 Å². The van der Waals surface area contributed by atoms with Gasteiger partial charge in [-0.2, -0.15) is 0 Å². The van der Waals surface area contributed by atoms with Crippen molar-refractivity contribution in [3.05, 3.63) is 12.7 Å². The van der Waals surface area contributed by atoms with E-state index in [-0.39, 0.29) is 5.54 Å². The highest BCUT2D eigenvalue weighted by Gasteiger charge is 2.04. The molecule has 10 heavy (non-hydrogen) atoms. The second kappa shape index (κ2) is 3.55. The van der Waals surface area contributed by atoms with Crippen molar-refractivity contribution in [2.45, 2.75) is 33.2 Å². The van der Waals surface area contributed by atoms with E-state index in [0.717, 1.165) is 0 Å². The van der Waals surface area contributed by atoms with E-state index in [1.165, 1.54) is 0 Å². The van der Waals surface area contributed by atoms with Gasteiger partial charge in [0.05, 0.1) is 5.54 Å². The number of aliphatic imine (C=N–C) groups is 1. The first kappa shape index (κ1) is 9.41. The van der Waals surface area contributed by atoms with Crippen molar-refractivity contribution in [3.63, 3.8) is 0 Å². The highest BCUT2D eigenvalue weighted by Crippen LogP contribution is 2.06. The molecule has 0 heterocycles. The van der Waals surface area contributed by atoms with Crippen LogP contribution in [0.3, 0.4) is 0 Å². The molecule has 0 aromatic rings. The molecule has 0 aromatic heterocycles. The summed E-state index contributed by atoms with van der Waals surface area (Å²) in [6.07, 6.45) is 3.82. The van der Waals surface area contributed by atoms with E-state index < -0.39 is 0 Å². The van der Waals surface area contributed by atoms with E-state index >= 15 is 0 Å². The first-order valence-electron chi connectivity index (χ1n) is 3.63. The normalized spacial score (nSPS) is 15.6. The zero-order valence-corrected chi connectivity index (χ0v) is 7.39. The van der Waals surface area contributed by atoms with Gasteiger partial charge in [0.15, 0.2) is 0 Å². The van der Waals surface area contributed by atoms with Gasteiger partial charge < -0.3 is 0 Å². The lowest BCUT2D eigenvalue weighted by atomic mass is 10.1. The van der Waals surface area contributed by atoms with Gasteiger partial charge in [0.25, 0.3) is 0 Å². The van der Waals surface area contributed by atoms with Crippen LogP contribution in [0.15, 0.2) is 17.6 Å². The predicted octanol–water partition coefficient (Wildman–Crippen LogP) is 2.68. The van der Waals surface area contributed by atoms with Gasteiger partial charge in [-0.1, -0.05) is 13.0 Å². The quantitative estimate of drug-likeness (QED) is 0.412. The third kappa shape index (κ3) is 5.54. The maximum atomic E-state index is 4.33. The Balaban J connectivity index is 3.87. The zero-order chi connectivity index (χ0) is 8.20. The average molecular weight is 139 g/mol. The molecule has 0 aliphatic heterocycles. The van der Waals surface area contributed by atoms with Crippen LogP contribution in [0, 0.1) is 5.92 Å². The molecule has 0 amide bonds. The Bertz CT molecular complexity index is 128. The first-order valence-corrected chi connectivity index (χ1v) is 3.63. The van der Waals surface area contributed by atoms with E-state index in [1.54, 1.807) is 0 Å². The van der Waals surface area contributed by atoms with Crippen LogP contribution < -0.4 is 0 Å². The van der Waals surface area contributed by atoms with Crippen LogP contribution in [-0.4, -0.2) is 11.8 Å². The molecule has 0 saturated heterocycles. The molecule has 0 fully saturated rings.